The number of alkyl halides is 2. The fraction of sp³-hybridized carbons (Fsp3) is 0.133. The van der Waals surface area contributed by atoms with Crippen molar-refractivity contribution in [3.05, 3.63) is 64.0 Å². The topological polar surface area (TPSA) is 107 Å². The second-order valence-electron chi connectivity index (χ2n) is 4.85. The van der Waals surface area contributed by atoms with Gasteiger partial charge in [-0.15, -0.1) is 0 Å². The molecule has 7 nitrogen and oxygen atoms in total. The molecule has 0 saturated carbocycles. The van der Waals surface area contributed by atoms with Crippen molar-refractivity contribution in [3.63, 3.8) is 0 Å². The lowest BCUT2D eigenvalue weighted by molar-refractivity contribution is -0.386. The number of amides is 1. The van der Waals surface area contributed by atoms with E-state index in [2.05, 4.69) is 10.1 Å². The maximum atomic E-state index is 13.0. The third-order valence-corrected chi connectivity index (χ3v) is 3.17. The molecule has 3 N–H and O–H groups in total. The van der Waals surface area contributed by atoms with Crippen LogP contribution in [0.3, 0.4) is 0 Å². The van der Waals surface area contributed by atoms with Gasteiger partial charge in [-0.3, -0.25) is 14.9 Å². The largest absolute Gasteiger partial charge is 0.427 e. The summed E-state index contributed by atoms with van der Waals surface area (Å²) in [5, 5.41) is 13.5. The van der Waals surface area contributed by atoms with E-state index in [0.717, 1.165) is 24.3 Å². The molecule has 0 radical (unpaired) electrons. The van der Waals surface area contributed by atoms with E-state index in [0.29, 0.717) is 5.56 Å². The molecule has 132 valence electrons. The summed E-state index contributed by atoms with van der Waals surface area (Å²) in [5.74, 6) is -2.01. The monoisotopic (exact) mass is 355 g/mol. The summed E-state index contributed by atoms with van der Waals surface area (Å²) in [6, 6.07) is 6.87. The Morgan fingerprint density at radius 3 is 2.36 bits per heavy atom. The van der Waals surface area contributed by atoms with Gasteiger partial charge in [-0.05, 0) is 23.8 Å². The van der Waals surface area contributed by atoms with Crippen molar-refractivity contribution in [1.29, 1.82) is 0 Å². The highest BCUT2D eigenvalue weighted by Gasteiger charge is 2.22. The number of halogens is 3. The maximum absolute atomic E-state index is 13.0. The molecule has 1 amide bonds. The molecule has 0 aliphatic carbocycles. The second-order valence-corrected chi connectivity index (χ2v) is 4.85. The van der Waals surface area contributed by atoms with Crippen LogP contribution in [0.4, 0.5) is 24.5 Å². The summed E-state index contributed by atoms with van der Waals surface area (Å²) >= 11 is 0. The zero-order chi connectivity index (χ0) is 18.6. The molecule has 1 atom stereocenters. The first kappa shape index (κ1) is 18.0. The van der Waals surface area contributed by atoms with E-state index in [1.807, 2.05) is 0 Å². The number of nitrogens with one attached hydrogen (secondary N) is 1. The Hall–Kier alpha value is -3.30. The second kappa shape index (κ2) is 7.51. The van der Waals surface area contributed by atoms with Crippen molar-refractivity contribution in [1.82, 2.24) is 0 Å². The van der Waals surface area contributed by atoms with Gasteiger partial charge < -0.3 is 15.8 Å². The van der Waals surface area contributed by atoms with Crippen LogP contribution in [0.5, 0.6) is 5.75 Å². The molecule has 0 fully saturated rings. The lowest BCUT2D eigenvalue weighted by Gasteiger charge is -2.18. The first-order chi connectivity index (χ1) is 11.8. The smallest absolute Gasteiger partial charge is 0.387 e. The van der Waals surface area contributed by atoms with Crippen molar-refractivity contribution < 1.29 is 27.6 Å². The van der Waals surface area contributed by atoms with Gasteiger partial charge in [0, 0.05) is 17.8 Å². The minimum Gasteiger partial charge on any atom is -0.427 e. The van der Waals surface area contributed by atoms with E-state index >= 15 is 0 Å². The molecule has 1 unspecified atom stereocenters. The van der Waals surface area contributed by atoms with Crippen LogP contribution in [-0.2, 0) is 4.79 Å². The van der Waals surface area contributed by atoms with Crippen LogP contribution in [0, 0.1) is 15.9 Å². The molecule has 2 rings (SSSR count). The van der Waals surface area contributed by atoms with Gasteiger partial charge in [-0.2, -0.15) is 8.78 Å². The highest BCUT2D eigenvalue weighted by atomic mass is 19.3. The Bertz CT molecular complexity index is 784. The van der Waals surface area contributed by atoms with Crippen LogP contribution in [0.15, 0.2) is 42.5 Å². The number of hydrogen-bond donors (Lipinski definition) is 2. The molecule has 2 aromatic carbocycles. The molecule has 0 saturated heterocycles. The van der Waals surface area contributed by atoms with Gasteiger partial charge in [0.05, 0.1) is 4.92 Å². The van der Waals surface area contributed by atoms with Crippen LogP contribution in [0.2, 0.25) is 0 Å². The summed E-state index contributed by atoms with van der Waals surface area (Å²) < 4.78 is 41.9. The first-order valence-electron chi connectivity index (χ1n) is 6.82. The lowest BCUT2D eigenvalue weighted by Crippen LogP contribution is -2.27. The molecular formula is C15H12F3N3O4. The van der Waals surface area contributed by atoms with Gasteiger partial charge in [-0.25, -0.2) is 4.39 Å². The number of nitrogens with zero attached hydrogens (tertiary/aromatic N) is 1. The number of carbonyl (C=O) groups is 1. The molecule has 0 spiro atoms. The predicted molar refractivity (Wildman–Crippen MR) is 81.7 cm³/mol. The van der Waals surface area contributed by atoms with E-state index in [4.69, 9.17) is 5.73 Å². The average Bonchev–Trinajstić information content (AvgIpc) is 2.52. The minimum atomic E-state index is -3.27. The average molecular weight is 355 g/mol. The predicted octanol–water partition coefficient (Wildman–Crippen LogP) is 2.97. The van der Waals surface area contributed by atoms with E-state index < -0.39 is 40.7 Å². The lowest BCUT2D eigenvalue weighted by atomic mass is 10.1. The Balaban J connectivity index is 2.34. The Morgan fingerprint density at radius 2 is 1.84 bits per heavy atom. The van der Waals surface area contributed by atoms with E-state index in [1.54, 1.807) is 0 Å². The number of carbonyl (C=O) groups excluding carboxylic acids is 1. The molecule has 0 aromatic heterocycles. The number of ether oxygens (including phenoxy) is 1. The standard InChI is InChI=1S/C15H12F3N3O4/c16-9-3-1-8(2-4-9)13(14(19)22)20-10-5-6-11(21(23)24)12(7-10)25-15(17)18/h1-7,13,15,20H,(H2,19,22). The van der Waals surface area contributed by atoms with Crippen LogP contribution in [0.1, 0.15) is 11.6 Å². The fourth-order valence-electron chi connectivity index (χ4n) is 2.09. The quantitative estimate of drug-likeness (QED) is 0.586. The number of rotatable bonds is 7. The normalized spacial score (nSPS) is 11.8. The number of primary amides is 1. The zero-order valence-electron chi connectivity index (χ0n) is 12.5. The number of anilines is 1. The first-order valence-corrected chi connectivity index (χ1v) is 6.82. The number of nitro benzene ring substituents is 1. The molecule has 25 heavy (non-hydrogen) atoms. The van der Waals surface area contributed by atoms with Crippen molar-refractivity contribution >= 4 is 17.3 Å². The third-order valence-electron chi connectivity index (χ3n) is 3.17. The summed E-state index contributed by atoms with van der Waals surface area (Å²) in [4.78, 5) is 21.6. The zero-order valence-corrected chi connectivity index (χ0v) is 12.5. The van der Waals surface area contributed by atoms with E-state index in [9.17, 15) is 28.1 Å². The molecule has 10 heteroatoms. The summed E-state index contributed by atoms with van der Waals surface area (Å²) in [6.45, 7) is -3.27. The van der Waals surface area contributed by atoms with Crippen LogP contribution in [-0.4, -0.2) is 17.4 Å². The highest BCUT2D eigenvalue weighted by molar-refractivity contribution is 5.84. The van der Waals surface area contributed by atoms with Gasteiger partial charge in [0.1, 0.15) is 11.9 Å². The van der Waals surface area contributed by atoms with Gasteiger partial charge in [0.15, 0.2) is 0 Å². The number of hydrogen-bond acceptors (Lipinski definition) is 5. The van der Waals surface area contributed by atoms with Crippen LogP contribution < -0.4 is 15.8 Å². The SMILES string of the molecule is NC(=O)C(Nc1ccc([N+](=O)[O-])c(OC(F)F)c1)c1ccc(F)cc1. The van der Waals surface area contributed by atoms with E-state index in [1.165, 1.54) is 18.2 Å². The van der Waals surface area contributed by atoms with Gasteiger partial charge >= 0.3 is 12.3 Å². The molecular weight excluding hydrogens is 343 g/mol. The van der Waals surface area contributed by atoms with Gasteiger partial charge in [0.2, 0.25) is 11.7 Å². The van der Waals surface area contributed by atoms with E-state index in [-0.39, 0.29) is 5.69 Å². The molecule has 0 aliphatic rings. The minimum absolute atomic E-state index is 0.0781. The van der Waals surface area contributed by atoms with Crippen molar-refractivity contribution in [2.75, 3.05) is 5.32 Å². The summed E-state index contributed by atoms with van der Waals surface area (Å²) in [5.41, 5.74) is 5.03. The number of nitrogens with two attached hydrogens (primary N) is 1. The van der Waals surface area contributed by atoms with Crippen LogP contribution >= 0.6 is 0 Å². The summed E-state index contributed by atoms with van der Waals surface area (Å²) in [6.07, 6.45) is 0. The van der Waals surface area contributed by atoms with Gasteiger partial charge in [0.25, 0.3) is 0 Å². The van der Waals surface area contributed by atoms with Gasteiger partial charge in [-0.1, -0.05) is 12.1 Å². The van der Waals surface area contributed by atoms with Crippen LogP contribution in [0.25, 0.3) is 0 Å². The number of nitro groups is 1. The molecule has 0 bridgehead atoms. The number of benzene rings is 2. The Labute approximate surface area is 139 Å². The van der Waals surface area contributed by atoms with Crippen molar-refractivity contribution in [2.24, 2.45) is 5.73 Å². The maximum Gasteiger partial charge on any atom is 0.387 e. The molecule has 2 aromatic rings. The van der Waals surface area contributed by atoms with Crippen molar-refractivity contribution in [3.8, 4) is 5.75 Å². The Morgan fingerprint density at radius 1 is 1.20 bits per heavy atom. The Kier molecular flexibility index (Phi) is 5.42. The third kappa shape index (κ3) is 4.59. The molecule has 0 heterocycles. The molecule has 0 aliphatic heterocycles. The van der Waals surface area contributed by atoms with Crippen molar-refractivity contribution in [2.45, 2.75) is 12.7 Å². The fourth-order valence-corrected chi connectivity index (χ4v) is 2.09. The summed E-state index contributed by atoms with van der Waals surface area (Å²) in [7, 11) is 0. The highest BCUT2D eigenvalue weighted by Crippen LogP contribution is 2.32.